The standard InChI is InChI=1S/C23H30N2O4S/c1-3-16-12(2)30-22(19(16)21(27)24-15-6-4-5-7-15)25-20(26)17-13-8-10-14(11-9-13)18(17)23(28)29/h8,10,13-15,17-18H,3-7,9,11H2,1-2H3,(H,24,27)(H,25,26)(H,28,29)/t13-,14+,17-,18+/m1/s1. The van der Waals surface area contributed by atoms with E-state index < -0.39 is 17.8 Å². The van der Waals surface area contributed by atoms with Crippen LogP contribution in [0.15, 0.2) is 12.2 Å². The maximum absolute atomic E-state index is 13.3. The number of thiophene rings is 1. The van der Waals surface area contributed by atoms with Gasteiger partial charge in [0.05, 0.1) is 17.4 Å². The van der Waals surface area contributed by atoms with E-state index >= 15 is 0 Å². The summed E-state index contributed by atoms with van der Waals surface area (Å²) in [6.45, 7) is 3.98. The molecule has 4 aliphatic carbocycles. The molecule has 1 aromatic heterocycles. The number of hydrogen-bond acceptors (Lipinski definition) is 4. The van der Waals surface area contributed by atoms with Crippen molar-refractivity contribution in [1.82, 2.24) is 5.32 Å². The number of allylic oxidation sites excluding steroid dienone is 2. The smallest absolute Gasteiger partial charge is 0.307 e. The number of rotatable bonds is 6. The van der Waals surface area contributed by atoms with Gasteiger partial charge >= 0.3 is 5.97 Å². The Labute approximate surface area is 181 Å². The summed E-state index contributed by atoms with van der Waals surface area (Å²) >= 11 is 1.42. The Morgan fingerprint density at radius 1 is 1.07 bits per heavy atom. The number of aryl methyl sites for hydroxylation is 1. The van der Waals surface area contributed by atoms with Crippen molar-refractivity contribution in [2.24, 2.45) is 23.7 Å². The van der Waals surface area contributed by atoms with Crippen LogP contribution in [-0.4, -0.2) is 28.9 Å². The van der Waals surface area contributed by atoms with Crippen LogP contribution in [0, 0.1) is 30.6 Å². The van der Waals surface area contributed by atoms with Crippen molar-refractivity contribution < 1.29 is 19.5 Å². The van der Waals surface area contributed by atoms with E-state index in [2.05, 4.69) is 10.6 Å². The second kappa shape index (κ2) is 8.53. The summed E-state index contributed by atoms with van der Waals surface area (Å²) in [6, 6.07) is 0.196. The lowest BCUT2D eigenvalue weighted by molar-refractivity contribution is -0.151. The highest BCUT2D eigenvalue weighted by Crippen LogP contribution is 2.46. The first kappa shape index (κ1) is 21.1. The summed E-state index contributed by atoms with van der Waals surface area (Å²) in [5, 5.41) is 16.4. The quantitative estimate of drug-likeness (QED) is 0.591. The molecule has 3 N–H and O–H groups in total. The largest absolute Gasteiger partial charge is 0.481 e. The summed E-state index contributed by atoms with van der Waals surface area (Å²) in [5.41, 5.74) is 1.52. The number of carboxylic acid groups (broad SMARTS) is 1. The van der Waals surface area contributed by atoms with E-state index in [1.165, 1.54) is 11.3 Å². The minimum Gasteiger partial charge on any atom is -0.481 e. The van der Waals surface area contributed by atoms with Gasteiger partial charge in [-0.05, 0) is 56.4 Å². The molecular formula is C23H30N2O4S. The Morgan fingerprint density at radius 2 is 1.70 bits per heavy atom. The van der Waals surface area contributed by atoms with Crippen LogP contribution in [0.1, 0.15) is 66.2 Å². The fourth-order valence-electron chi connectivity index (χ4n) is 5.54. The zero-order valence-electron chi connectivity index (χ0n) is 17.6. The number of carboxylic acids is 1. The second-order valence-corrected chi connectivity index (χ2v) is 10.0. The Morgan fingerprint density at radius 3 is 2.27 bits per heavy atom. The lowest BCUT2D eigenvalue weighted by Crippen LogP contribution is -2.47. The number of hydrogen-bond donors (Lipinski definition) is 3. The first-order valence-electron chi connectivity index (χ1n) is 11.1. The highest BCUT2D eigenvalue weighted by atomic mass is 32.1. The Hall–Kier alpha value is -2.15. The van der Waals surface area contributed by atoms with Crippen LogP contribution >= 0.6 is 11.3 Å². The van der Waals surface area contributed by atoms with Gasteiger partial charge < -0.3 is 15.7 Å². The fourth-order valence-corrected chi connectivity index (χ4v) is 6.69. The van der Waals surface area contributed by atoms with Gasteiger partial charge in [-0.2, -0.15) is 0 Å². The van der Waals surface area contributed by atoms with Crippen molar-refractivity contribution in [3.8, 4) is 0 Å². The molecule has 6 nitrogen and oxygen atoms in total. The monoisotopic (exact) mass is 430 g/mol. The summed E-state index contributed by atoms with van der Waals surface area (Å²) in [4.78, 5) is 39.3. The third-order valence-electron chi connectivity index (χ3n) is 7.05. The van der Waals surface area contributed by atoms with Gasteiger partial charge in [-0.25, -0.2) is 0 Å². The van der Waals surface area contributed by atoms with E-state index in [9.17, 15) is 19.5 Å². The van der Waals surface area contributed by atoms with Crippen LogP contribution in [0.2, 0.25) is 0 Å². The van der Waals surface area contributed by atoms with Crippen LogP contribution in [-0.2, 0) is 16.0 Å². The minimum atomic E-state index is -0.912. The average molecular weight is 431 g/mol. The molecule has 0 spiro atoms. The van der Waals surface area contributed by atoms with Crippen LogP contribution in [0.25, 0.3) is 0 Å². The zero-order chi connectivity index (χ0) is 21.4. The Kier molecular flexibility index (Phi) is 6.00. The average Bonchev–Trinajstić information content (AvgIpc) is 3.34. The molecule has 0 aliphatic heterocycles. The second-order valence-electron chi connectivity index (χ2n) is 8.82. The summed E-state index contributed by atoms with van der Waals surface area (Å²) in [6.07, 6.45) is 10.6. The number of carbonyl (C=O) groups is 3. The van der Waals surface area contributed by atoms with Gasteiger partial charge in [-0.3, -0.25) is 14.4 Å². The first-order chi connectivity index (χ1) is 14.4. The van der Waals surface area contributed by atoms with Crippen molar-refractivity contribution in [2.75, 3.05) is 5.32 Å². The van der Waals surface area contributed by atoms with Crippen LogP contribution in [0.4, 0.5) is 5.00 Å². The van der Waals surface area contributed by atoms with Gasteiger partial charge in [0.1, 0.15) is 5.00 Å². The molecule has 0 saturated heterocycles. The molecule has 2 fully saturated rings. The molecule has 30 heavy (non-hydrogen) atoms. The summed E-state index contributed by atoms with van der Waals surface area (Å²) in [7, 11) is 0. The van der Waals surface area contributed by atoms with Crippen molar-refractivity contribution in [1.29, 1.82) is 0 Å². The minimum absolute atomic E-state index is 0.0569. The lowest BCUT2D eigenvalue weighted by Gasteiger charge is -2.41. The van der Waals surface area contributed by atoms with Crippen molar-refractivity contribution in [3.05, 3.63) is 28.2 Å². The van der Waals surface area contributed by atoms with Gasteiger partial charge in [0.15, 0.2) is 0 Å². The first-order valence-corrected chi connectivity index (χ1v) is 11.9. The normalized spacial score (nSPS) is 27.9. The third-order valence-corrected chi connectivity index (χ3v) is 8.12. The van der Waals surface area contributed by atoms with E-state index in [1.54, 1.807) is 0 Å². The number of fused-ring (bicyclic) bond motifs is 2. The predicted molar refractivity (Wildman–Crippen MR) is 117 cm³/mol. The number of aliphatic carboxylic acids is 1. The Bertz CT molecular complexity index is 884. The number of anilines is 1. The van der Waals surface area contributed by atoms with Gasteiger partial charge in [0, 0.05) is 10.9 Å². The van der Waals surface area contributed by atoms with Crippen LogP contribution in [0.5, 0.6) is 0 Å². The molecular weight excluding hydrogens is 400 g/mol. The van der Waals surface area contributed by atoms with Crippen molar-refractivity contribution >= 4 is 34.1 Å². The van der Waals surface area contributed by atoms with Gasteiger partial charge in [0.2, 0.25) is 5.91 Å². The maximum atomic E-state index is 13.3. The van der Waals surface area contributed by atoms with E-state index in [0.717, 1.165) is 49.0 Å². The molecule has 4 aliphatic rings. The molecule has 5 rings (SSSR count). The molecule has 1 aromatic rings. The van der Waals surface area contributed by atoms with Crippen LogP contribution in [0.3, 0.4) is 0 Å². The summed E-state index contributed by atoms with van der Waals surface area (Å²) < 4.78 is 0. The lowest BCUT2D eigenvalue weighted by atomic mass is 9.62. The van der Waals surface area contributed by atoms with Crippen molar-refractivity contribution in [3.63, 3.8) is 0 Å². The van der Waals surface area contributed by atoms with Gasteiger partial charge in [-0.15, -0.1) is 11.3 Å². The predicted octanol–water partition coefficient (Wildman–Crippen LogP) is 4.14. The molecule has 1 heterocycles. The fraction of sp³-hybridized carbons (Fsp3) is 0.609. The van der Waals surface area contributed by atoms with Crippen LogP contribution < -0.4 is 10.6 Å². The molecule has 0 radical (unpaired) electrons. The van der Waals surface area contributed by atoms with E-state index in [-0.39, 0.29) is 29.7 Å². The number of amides is 2. The molecule has 2 bridgehead atoms. The Balaban J connectivity index is 1.59. The molecule has 2 saturated carbocycles. The van der Waals surface area contributed by atoms with Gasteiger partial charge in [0.25, 0.3) is 5.91 Å². The summed E-state index contributed by atoms with van der Waals surface area (Å²) in [5.74, 6) is -2.76. The van der Waals surface area contributed by atoms with Crippen molar-refractivity contribution in [2.45, 2.75) is 64.8 Å². The van der Waals surface area contributed by atoms with E-state index in [1.807, 2.05) is 26.0 Å². The highest BCUT2D eigenvalue weighted by molar-refractivity contribution is 7.16. The number of nitrogens with one attached hydrogen (secondary N) is 2. The molecule has 2 amide bonds. The van der Waals surface area contributed by atoms with Gasteiger partial charge in [-0.1, -0.05) is 31.9 Å². The molecule has 0 aromatic carbocycles. The van der Waals surface area contributed by atoms with E-state index in [0.29, 0.717) is 17.0 Å². The number of carbonyl (C=O) groups excluding carboxylic acids is 2. The highest BCUT2D eigenvalue weighted by Gasteiger charge is 2.48. The SMILES string of the molecule is CCc1c(C)sc(NC(=O)[C@H]2[C@@H](C(=O)O)[C@H]3C=C[C@@H]2CC3)c1C(=O)NC1CCCC1. The van der Waals surface area contributed by atoms with E-state index in [4.69, 9.17) is 0 Å². The topological polar surface area (TPSA) is 95.5 Å². The molecule has 0 unspecified atom stereocenters. The molecule has 7 heteroatoms. The molecule has 162 valence electrons. The molecule has 4 atom stereocenters. The maximum Gasteiger partial charge on any atom is 0.307 e. The third kappa shape index (κ3) is 3.80. The zero-order valence-corrected chi connectivity index (χ0v) is 18.4.